The standard InChI is InChI=1S/C5H9NO4/c7-1-4-3(2-10-4)6-5(8)9/h3-4,6-7H,1-2H2,(H,8,9)/t3-,4-/m0/s1. The van der Waals surface area contributed by atoms with Crippen molar-refractivity contribution in [3.8, 4) is 0 Å². The predicted octanol–water partition coefficient (Wildman–Crippen LogP) is -0.986. The van der Waals surface area contributed by atoms with E-state index < -0.39 is 6.09 Å². The van der Waals surface area contributed by atoms with Crippen LogP contribution in [0.4, 0.5) is 4.79 Å². The second kappa shape index (κ2) is 2.85. The van der Waals surface area contributed by atoms with Gasteiger partial charge in [-0.15, -0.1) is 0 Å². The van der Waals surface area contributed by atoms with Crippen LogP contribution in [0.2, 0.25) is 0 Å². The van der Waals surface area contributed by atoms with Crippen LogP contribution in [0.25, 0.3) is 0 Å². The molecule has 0 aromatic heterocycles. The van der Waals surface area contributed by atoms with E-state index in [1.54, 1.807) is 0 Å². The van der Waals surface area contributed by atoms with Gasteiger partial charge in [-0.05, 0) is 0 Å². The smallest absolute Gasteiger partial charge is 0.405 e. The van der Waals surface area contributed by atoms with Crippen LogP contribution < -0.4 is 5.32 Å². The van der Waals surface area contributed by atoms with Gasteiger partial charge in [0.1, 0.15) is 6.10 Å². The van der Waals surface area contributed by atoms with Crippen LogP contribution in [-0.2, 0) is 4.74 Å². The fourth-order valence-corrected chi connectivity index (χ4v) is 0.802. The van der Waals surface area contributed by atoms with Crippen molar-refractivity contribution in [1.29, 1.82) is 0 Å². The Morgan fingerprint density at radius 2 is 2.50 bits per heavy atom. The van der Waals surface area contributed by atoms with Crippen LogP contribution in [-0.4, -0.2) is 41.7 Å². The summed E-state index contributed by atoms with van der Waals surface area (Å²) in [5.74, 6) is 0. The first kappa shape index (κ1) is 7.30. The highest BCUT2D eigenvalue weighted by molar-refractivity contribution is 5.65. The van der Waals surface area contributed by atoms with E-state index in [0.717, 1.165) is 0 Å². The minimum Gasteiger partial charge on any atom is -0.465 e. The molecule has 0 saturated carbocycles. The van der Waals surface area contributed by atoms with E-state index >= 15 is 0 Å². The lowest BCUT2D eigenvalue weighted by Gasteiger charge is -2.34. The molecule has 0 bridgehead atoms. The zero-order valence-electron chi connectivity index (χ0n) is 5.28. The van der Waals surface area contributed by atoms with Gasteiger partial charge in [-0.25, -0.2) is 4.79 Å². The van der Waals surface area contributed by atoms with Crippen molar-refractivity contribution in [2.24, 2.45) is 0 Å². The van der Waals surface area contributed by atoms with Gasteiger partial charge in [-0.1, -0.05) is 0 Å². The van der Waals surface area contributed by atoms with Crippen LogP contribution in [0.3, 0.4) is 0 Å². The Hall–Kier alpha value is -0.810. The zero-order chi connectivity index (χ0) is 7.56. The fourth-order valence-electron chi connectivity index (χ4n) is 0.802. The normalized spacial score (nSPS) is 30.9. The molecule has 0 radical (unpaired) electrons. The Bertz CT molecular complexity index is 136. The van der Waals surface area contributed by atoms with Gasteiger partial charge >= 0.3 is 6.09 Å². The highest BCUT2D eigenvalue weighted by atomic mass is 16.5. The molecule has 0 spiro atoms. The Balaban J connectivity index is 2.23. The first-order valence-corrected chi connectivity index (χ1v) is 2.96. The number of ether oxygens (including phenoxy) is 1. The van der Waals surface area contributed by atoms with E-state index in [0.29, 0.717) is 6.61 Å². The highest BCUT2D eigenvalue weighted by Gasteiger charge is 2.32. The van der Waals surface area contributed by atoms with E-state index in [-0.39, 0.29) is 18.8 Å². The fraction of sp³-hybridized carbons (Fsp3) is 0.800. The molecule has 5 nitrogen and oxygen atoms in total. The van der Waals surface area contributed by atoms with Crippen LogP contribution in [0, 0.1) is 0 Å². The summed E-state index contributed by atoms with van der Waals surface area (Å²) in [6, 6.07) is -0.234. The molecule has 58 valence electrons. The predicted molar refractivity (Wildman–Crippen MR) is 31.8 cm³/mol. The number of carboxylic acid groups (broad SMARTS) is 1. The van der Waals surface area contributed by atoms with Crippen molar-refractivity contribution < 1.29 is 19.7 Å². The van der Waals surface area contributed by atoms with Gasteiger partial charge in [0.15, 0.2) is 0 Å². The summed E-state index contributed by atoms with van der Waals surface area (Å²) >= 11 is 0. The molecule has 1 amide bonds. The number of amides is 1. The van der Waals surface area contributed by atoms with Crippen molar-refractivity contribution in [2.45, 2.75) is 12.1 Å². The maximum atomic E-state index is 10.0. The molecule has 0 aromatic rings. The van der Waals surface area contributed by atoms with E-state index in [1.165, 1.54) is 0 Å². The van der Waals surface area contributed by atoms with Crippen molar-refractivity contribution in [1.82, 2.24) is 5.32 Å². The van der Waals surface area contributed by atoms with Gasteiger partial charge in [-0.2, -0.15) is 0 Å². The second-order valence-electron chi connectivity index (χ2n) is 2.11. The molecule has 1 rings (SSSR count). The molecule has 1 saturated heterocycles. The third kappa shape index (κ3) is 1.37. The summed E-state index contributed by atoms with van der Waals surface area (Å²) in [4.78, 5) is 10.0. The van der Waals surface area contributed by atoms with Crippen molar-refractivity contribution >= 4 is 6.09 Å². The molecule has 0 unspecified atom stereocenters. The van der Waals surface area contributed by atoms with E-state index in [2.05, 4.69) is 5.32 Å². The Kier molecular flexibility index (Phi) is 2.08. The van der Waals surface area contributed by atoms with Crippen LogP contribution >= 0.6 is 0 Å². The third-order valence-electron chi connectivity index (χ3n) is 1.43. The summed E-state index contributed by atoms with van der Waals surface area (Å²) in [5.41, 5.74) is 0. The van der Waals surface area contributed by atoms with Crippen LogP contribution in [0.1, 0.15) is 0 Å². The number of carbonyl (C=O) groups is 1. The highest BCUT2D eigenvalue weighted by Crippen LogP contribution is 2.10. The SMILES string of the molecule is O=C(O)N[C@H]1CO[C@H]1CO. The second-order valence-corrected chi connectivity index (χ2v) is 2.11. The summed E-state index contributed by atoms with van der Waals surface area (Å²) in [5, 5.41) is 18.9. The average Bonchev–Trinajstić information content (AvgIpc) is 1.82. The molecular formula is C5H9NO4. The Labute approximate surface area is 57.6 Å². The average molecular weight is 147 g/mol. The maximum Gasteiger partial charge on any atom is 0.405 e. The molecule has 2 atom stereocenters. The lowest BCUT2D eigenvalue weighted by Crippen LogP contribution is -2.57. The molecule has 1 aliphatic rings. The molecule has 1 heterocycles. The minimum atomic E-state index is -1.08. The van der Waals surface area contributed by atoms with Gasteiger partial charge in [-0.3, -0.25) is 0 Å². The number of rotatable bonds is 2. The Morgan fingerprint density at radius 3 is 2.80 bits per heavy atom. The van der Waals surface area contributed by atoms with Gasteiger partial charge in [0.05, 0.1) is 19.3 Å². The number of aliphatic hydroxyl groups excluding tert-OH is 1. The number of aliphatic hydroxyl groups is 1. The van der Waals surface area contributed by atoms with Gasteiger partial charge in [0.2, 0.25) is 0 Å². The van der Waals surface area contributed by atoms with Gasteiger partial charge in [0, 0.05) is 0 Å². The lowest BCUT2D eigenvalue weighted by molar-refractivity contribution is -0.107. The molecule has 5 heteroatoms. The number of hydrogen-bond acceptors (Lipinski definition) is 3. The summed E-state index contributed by atoms with van der Waals surface area (Å²) in [6.45, 7) is 0.225. The van der Waals surface area contributed by atoms with E-state index in [4.69, 9.17) is 14.9 Å². The van der Waals surface area contributed by atoms with Crippen molar-refractivity contribution in [3.63, 3.8) is 0 Å². The first-order chi connectivity index (χ1) is 4.74. The van der Waals surface area contributed by atoms with Gasteiger partial charge < -0.3 is 20.3 Å². The Morgan fingerprint density at radius 1 is 1.80 bits per heavy atom. The minimum absolute atomic E-state index is 0.134. The molecule has 3 N–H and O–H groups in total. The first-order valence-electron chi connectivity index (χ1n) is 2.96. The number of hydrogen-bond donors (Lipinski definition) is 3. The maximum absolute atomic E-state index is 10.0. The summed E-state index contributed by atoms with van der Waals surface area (Å²) in [6.07, 6.45) is -1.43. The monoisotopic (exact) mass is 147 g/mol. The molecule has 1 aliphatic heterocycles. The van der Waals surface area contributed by atoms with Crippen LogP contribution in [0.15, 0.2) is 0 Å². The largest absolute Gasteiger partial charge is 0.465 e. The van der Waals surface area contributed by atoms with Gasteiger partial charge in [0.25, 0.3) is 0 Å². The molecule has 0 aromatic carbocycles. The number of nitrogens with one attached hydrogen (secondary N) is 1. The topological polar surface area (TPSA) is 78.8 Å². The lowest BCUT2D eigenvalue weighted by atomic mass is 10.1. The van der Waals surface area contributed by atoms with Crippen LogP contribution in [0.5, 0.6) is 0 Å². The molecular weight excluding hydrogens is 138 g/mol. The van der Waals surface area contributed by atoms with Crippen molar-refractivity contribution in [3.05, 3.63) is 0 Å². The molecule has 1 fully saturated rings. The molecule has 10 heavy (non-hydrogen) atoms. The summed E-state index contributed by atoms with van der Waals surface area (Å²) < 4.78 is 4.82. The third-order valence-corrected chi connectivity index (χ3v) is 1.43. The zero-order valence-corrected chi connectivity index (χ0v) is 5.28. The van der Waals surface area contributed by atoms with E-state index in [9.17, 15) is 4.79 Å². The summed E-state index contributed by atoms with van der Waals surface area (Å²) in [7, 11) is 0. The van der Waals surface area contributed by atoms with Crippen molar-refractivity contribution in [2.75, 3.05) is 13.2 Å². The quantitative estimate of drug-likeness (QED) is 0.468. The van der Waals surface area contributed by atoms with E-state index in [1.807, 2.05) is 0 Å². The molecule has 0 aliphatic carbocycles.